The summed E-state index contributed by atoms with van der Waals surface area (Å²) in [5.41, 5.74) is 1.48. The van der Waals surface area contributed by atoms with Crippen molar-refractivity contribution in [1.29, 1.82) is 5.26 Å². The van der Waals surface area contributed by atoms with E-state index in [1.165, 1.54) is 0 Å². The van der Waals surface area contributed by atoms with Crippen LogP contribution in [0.2, 0.25) is 0 Å². The summed E-state index contributed by atoms with van der Waals surface area (Å²) in [4.78, 5) is 0. The Balaban J connectivity index is 2.12. The largest absolute Gasteiger partial charge is 0.355 e. The molecular weight excluding hydrogens is 217 g/mol. The minimum Gasteiger partial charge on any atom is -0.355 e. The van der Waals surface area contributed by atoms with Gasteiger partial charge in [0.05, 0.1) is 12.2 Å². The van der Waals surface area contributed by atoms with Crippen molar-refractivity contribution in [3.63, 3.8) is 0 Å². The van der Waals surface area contributed by atoms with Crippen molar-refractivity contribution < 1.29 is 9.13 Å². The van der Waals surface area contributed by atoms with Gasteiger partial charge in [0.1, 0.15) is 11.9 Å². The van der Waals surface area contributed by atoms with Crippen molar-refractivity contribution >= 4 is 5.83 Å². The predicted molar refractivity (Wildman–Crippen MR) is 63.7 cm³/mol. The summed E-state index contributed by atoms with van der Waals surface area (Å²) < 4.78 is 18.5. The van der Waals surface area contributed by atoms with Crippen LogP contribution in [-0.2, 0) is 4.74 Å². The molecule has 2 nitrogen and oxygen atoms in total. The first kappa shape index (κ1) is 11.8. The van der Waals surface area contributed by atoms with Crippen molar-refractivity contribution in [3.8, 4) is 6.07 Å². The smallest absolute Gasteiger partial charge is 0.144 e. The van der Waals surface area contributed by atoms with E-state index >= 15 is 0 Å². The minimum atomic E-state index is -0.434. The summed E-state index contributed by atoms with van der Waals surface area (Å²) >= 11 is 0. The summed E-state index contributed by atoms with van der Waals surface area (Å²) in [6.07, 6.45) is 2.33. The Hall–Kier alpha value is -1.66. The molecule has 1 fully saturated rings. The molecule has 1 aliphatic heterocycles. The molecule has 0 bridgehead atoms. The zero-order chi connectivity index (χ0) is 12.3. The van der Waals surface area contributed by atoms with Gasteiger partial charge in [-0.1, -0.05) is 30.8 Å². The van der Waals surface area contributed by atoms with E-state index in [1.54, 1.807) is 12.1 Å². The van der Waals surface area contributed by atoms with E-state index in [2.05, 4.69) is 12.6 Å². The highest BCUT2D eigenvalue weighted by molar-refractivity contribution is 5.56. The lowest BCUT2D eigenvalue weighted by molar-refractivity contribution is -0.0228. The van der Waals surface area contributed by atoms with E-state index in [0.717, 1.165) is 24.8 Å². The molecule has 0 aliphatic carbocycles. The van der Waals surface area contributed by atoms with Gasteiger partial charge in [-0.15, -0.1) is 0 Å². The van der Waals surface area contributed by atoms with Gasteiger partial charge in [0, 0.05) is 5.56 Å². The van der Waals surface area contributed by atoms with E-state index in [1.807, 2.05) is 12.1 Å². The Labute approximate surface area is 100 Å². The Morgan fingerprint density at radius 3 is 2.65 bits per heavy atom. The van der Waals surface area contributed by atoms with Gasteiger partial charge in [-0.25, -0.2) is 4.39 Å². The Bertz CT molecular complexity index is 446. The minimum absolute atomic E-state index is 0.0460. The maximum atomic E-state index is 12.9. The highest BCUT2D eigenvalue weighted by atomic mass is 19.1. The molecule has 1 saturated heterocycles. The third kappa shape index (κ3) is 2.72. The first-order chi connectivity index (χ1) is 8.20. The summed E-state index contributed by atoms with van der Waals surface area (Å²) in [5.74, 6) is -0.434. The SMILES string of the molecule is C=C(F)c1ccc(C2CCCC(C#N)O2)cc1. The monoisotopic (exact) mass is 231 g/mol. The van der Waals surface area contributed by atoms with E-state index in [4.69, 9.17) is 10.00 Å². The van der Waals surface area contributed by atoms with Crippen LogP contribution < -0.4 is 0 Å². The predicted octanol–water partition coefficient (Wildman–Crippen LogP) is 3.76. The first-order valence-electron chi connectivity index (χ1n) is 5.70. The lowest BCUT2D eigenvalue weighted by atomic mass is 9.98. The van der Waals surface area contributed by atoms with Crippen LogP contribution in [-0.4, -0.2) is 6.10 Å². The van der Waals surface area contributed by atoms with Crippen molar-refractivity contribution in [2.24, 2.45) is 0 Å². The van der Waals surface area contributed by atoms with Gasteiger partial charge in [-0.05, 0) is 24.8 Å². The van der Waals surface area contributed by atoms with Crippen molar-refractivity contribution in [2.45, 2.75) is 31.5 Å². The normalized spacial score (nSPS) is 24.0. The van der Waals surface area contributed by atoms with E-state index in [0.29, 0.717) is 5.56 Å². The van der Waals surface area contributed by atoms with Crippen molar-refractivity contribution in [1.82, 2.24) is 0 Å². The lowest BCUT2D eigenvalue weighted by Gasteiger charge is -2.26. The number of nitriles is 1. The molecule has 0 radical (unpaired) electrons. The second-order valence-corrected chi connectivity index (χ2v) is 4.20. The number of hydrogen-bond acceptors (Lipinski definition) is 2. The van der Waals surface area contributed by atoms with Crippen molar-refractivity contribution in [2.75, 3.05) is 0 Å². The van der Waals surface area contributed by atoms with Crippen LogP contribution in [0, 0.1) is 11.3 Å². The average Bonchev–Trinajstić information content (AvgIpc) is 2.39. The molecule has 1 aromatic rings. The lowest BCUT2D eigenvalue weighted by Crippen LogP contribution is -2.20. The molecule has 0 spiro atoms. The standard InChI is InChI=1S/C14H14FNO/c1-10(15)11-5-7-12(8-6-11)14-4-2-3-13(9-16)17-14/h5-8,13-14H,1-4H2. The van der Waals surface area contributed by atoms with Gasteiger partial charge >= 0.3 is 0 Å². The van der Waals surface area contributed by atoms with Crippen LogP contribution in [0.25, 0.3) is 5.83 Å². The van der Waals surface area contributed by atoms with Crippen LogP contribution in [0.15, 0.2) is 30.8 Å². The molecule has 0 aromatic heterocycles. The van der Waals surface area contributed by atoms with Gasteiger partial charge in [0.2, 0.25) is 0 Å². The second-order valence-electron chi connectivity index (χ2n) is 4.20. The fraction of sp³-hybridized carbons (Fsp3) is 0.357. The fourth-order valence-electron chi connectivity index (χ4n) is 2.04. The highest BCUT2D eigenvalue weighted by Gasteiger charge is 2.23. The molecule has 1 aromatic carbocycles. The summed E-state index contributed by atoms with van der Waals surface area (Å²) in [6.45, 7) is 3.25. The van der Waals surface area contributed by atoms with Crippen LogP contribution in [0.3, 0.4) is 0 Å². The van der Waals surface area contributed by atoms with Crippen LogP contribution in [0.4, 0.5) is 4.39 Å². The second kappa shape index (κ2) is 5.11. The Kier molecular flexibility index (Phi) is 3.55. The van der Waals surface area contributed by atoms with Gasteiger partial charge in [0.25, 0.3) is 0 Å². The van der Waals surface area contributed by atoms with E-state index in [9.17, 15) is 4.39 Å². The quantitative estimate of drug-likeness (QED) is 0.776. The number of nitrogens with zero attached hydrogens (tertiary/aromatic N) is 1. The van der Waals surface area contributed by atoms with Crippen molar-refractivity contribution in [3.05, 3.63) is 42.0 Å². The number of ether oxygens (including phenoxy) is 1. The fourth-order valence-corrected chi connectivity index (χ4v) is 2.04. The van der Waals surface area contributed by atoms with Gasteiger partial charge in [-0.2, -0.15) is 5.26 Å². The maximum absolute atomic E-state index is 12.9. The molecular formula is C14H14FNO. The third-order valence-electron chi connectivity index (χ3n) is 3.00. The summed E-state index contributed by atoms with van der Waals surface area (Å²) in [6, 6.07) is 9.20. The average molecular weight is 231 g/mol. The topological polar surface area (TPSA) is 33.0 Å². The maximum Gasteiger partial charge on any atom is 0.144 e. The van der Waals surface area contributed by atoms with Crippen LogP contribution >= 0.6 is 0 Å². The first-order valence-corrected chi connectivity index (χ1v) is 5.70. The molecule has 1 heterocycles. The number of halogens is 1. The molecule has 2 atom stereocenters. The number of hydrogen-bond donors (Lipinski definition) is 0. The molecule has 1 aliphatic rings. The number of benzene rings is 1. The van der Waals surface area contributed by atoms with Gasteiger partial charge < -0.3 is 4.74 Å². The molecule has 88 valence electrons. The van der Waals surface area contributed by atoms with Gasteiger partial charge in [0.15, 0.2) is 0 Å². The molecule has 2 rings (SSSR count). The third-order valence-corrected chi connectivity index (χ3v) is 3.00. The zero-order valence-corrected chi connectivity index (χ0v) is 9.53. The number of rotatable bonds is 2. The van der Waals surface area contributed by atoms with Crippen LogP contribution in [0.5, 0.6) is 0 Å². The molecule has 17 heavy (non-hydrogen) atoms. The molecule has 2 unspecified atom stereocenters. The Morgan fingerprint density at radius 2 is 2.06 bits per heavy atom. The van der Waals surface area contributed by atoms with Gasteiger partial charge in [-0.3, -0.25) is 0 Å². The molecule has 3 heteroatoms. The van der Waals surface area contributed by atoms with E-state index < -0.39 is 5.83 Å². The highest BCUT2D eigenvalue weighted by Crippen LogP contribution is 2.31. The molecule has 0 N–H and O–H groups in total. The van der Waals surface area contributed by atoms with Crippen LogP contribution in [0.1, 0.15) is 36.5 Å². The zero-order valence-electron chi connectivity index (χ0n) is 9.53. The molecule has 0 saturated carbocycles. The van der Waals surface area contributed by atoms with E-state index in [-0.39, 0.29) is 12.2 Å². The Morgan fingerprint density at radius 1 is 1.35 bits per heavy atom. The molecule has 0 amide bonds. The summed E-state index contributed by atoms with van der Waals surface area (Å²) in [7, 11) is 0. The summed E-state index contributed by atoms with van der Waals surface area (Å²) in [5, 5.41) is 8.84.